The van der Waals surface area contributed by atoms with Crippen molar-refractivity contribution in [2.75, 3.05) is 19.7 Å². The van der Waals surface area contributed by atoms with Gasteiger partial charge in [0.1, 0.15) is 0 Å². The van der Waals surface area contributed by atoms with Crippen molar-refractivity contribution in [3.8, 4) is 0 Å². The molecule has 0 aliphatic carbocycles. The molecule has 0 bridgehead atoms. The van der Waals surface area contributed by atoms with E-state index >= 15 is 0 Å². The predicted octanol–water partition coefficient (Wildman–Crippen LogP) is 2.41. The van der Waals surface area contributed by atoms with Gasteiger partial charge in [-0.3, -0.25) is 0 Å². The normalized spacial score (nSPS) is 18.3. The summed E-state index contributed by atoms with van der Waals surface area (Å²) in [4.78, 5) is 4.41. The Kier molecular flexibility index (Phi) is 6.82. The number of aromatic nitrogens is 2. The summed E-state index contributed by atoms with van der Waals surface area (Å²) in [7, 11) is 0. The van der Waals surface area contributed by atoms with Gasteiger partial charge in [-0.15, -0.1) is 0 Å². The quantitative estimate of drug-likeness (QED) is 0.795. The maximum absolute atomic E-state index is 5.84. The molecule has 0 amide bonds. The molecule has 0 spiro atoms. The van der Waals surface area contributed by atoms with Crippen LogP contribution in [0, 0.1) is 0 Å². The van der Waals surface area contributed by atoms with Crippen LogP contribution in [0.15, 0.2) is 4.52 Å². The third-order valence-electron chi connectivity index (χ3n) is 3.54. The average molecular weight is 299 g/mol. The molecule has 1 atom stereocenters. The molecule has 2 heterocycles. The van der Waals surface area contributed by atoms with Gasteiger partial charge in [0.2, 0.25) is 5.89 Å². The number of nitrogens with zero attached hydrogens (tertiary/aromatic N) is 2. The Morgan fingerprint density at radius 2 is 2.25 bits per heavy atom. The van der Waals surface area contributed by atoms with Gasteiger partial charge < -0.3 is 14.6 Å². The number of ether oxygens (including phenoxy) is 1. The fourth-order valence-electron chi connectivity index (χ4n) is 2.06. The van der Waals surface area contributed by atoms with E-state index < -0.39 is 0 Å². The Morgan fingerprint density at radius 1 is 1.45 bits per heavy atom. The summed E-state index contributed by atoms with van der Waals surface area (Å²) in [6.07, 6.45) is 4.46. The standard InChI is InChI=1S/C14H25N3O2S/c1-3-11(2)20-10-13-16-14(19-17-13)6-9-18-12-4-7-15-8-5-12/h11-12,15H,3-10H2,1-2H3. The van der Waals surface area contributed by atoms with Crippen molar-refractivity contribution in [1.82, 2.24) is 15.5 Å². The molecule has 1 aliphatic heterocycles. The molecule has 6 heteroatoms. The Balaban J connectivity index is 1.64. The molecule has 1 saturated heterocycles. The van der Waals surface area contributed by atoms with Crippen LogP contribution in [0.1, 0.15) is 44.8 Å². The minimum absolute atomic E-state index is 0.389. The second-order valence-corrected chi connectivity index (χ2v) is 6.63. The molecule has 1 N–H and O–H groups in total. The highest BCUT2D eigenvalue weighted by Gasteiger charge is 2.14. The zero-order valence-electron chi connectivity index (χ0n) is 12.4. The van der Waals surface area contributed by atoms with E-state index in [1.807, 2.05) is 11.8 Å². The van der Waals surface area contributed by atoms with Crippen LogP contribution in [-0.4, -0.2) is 41.2 Å². The molecular formula is C14H25N3O2S. The van der Waals surface area contributed by atoms with Crippen molar-refractivity contribution in [2.24, 2.45) is 0 Å². The smallest absolute Gasteiger partial charge is 0.228 e. The second kappa shape index (κ2) is 8.64. The number of piperidine rings is 1. The SMILES string of the molecule is CCC(C)SCc1noc(CCOC2CCNCC2)n1. The topological polar surface area (TPSA) is 60.2 Å². The fraction of sp³-hybridized carbons (Fsp3) is 0.857. The predicted molar refractivity (Wildman–Crippen MR) is 80.9 cm³/mol. The zero-order chi connectivity index (χ0) is 14.2. The van der Waals surface area contributed by atoms with Gasteiger partial charge in [0, 0.05) is 5.25 Å². The molecule has 20 heavy (non-hydrogen) atoms. The first-order chi connectivity index (χ1) is 9.78. The van der Waals surface area contributed by atoms with E-state index in [0.717, 1.165) is 37.5 Å². The van der Waals surface area contributed by atoms with E-state index in [4.69, 9.17) is 9.26 Å². The molecular weight excluding hydrogens is 274 g/mol. The first-order valence-electron chi connectivity index (χ1n) is 7.53. The third kappa shape index (κ3) is 5.42. The highest BCUT2D eigenvalue weighted by molar-refractivity contribution is 7.99. The van der Waals surface area contributed by atoms with Gasteiger partial charge in [-0.25, -0.2) is 0 Å². The van der Waals surface area contributed by atoms with Crippen LogP contribution in [-0.2, 0) is 16.9 Å². The summed E-state index contributed by atoms with van der Waals surface area (Å²) in [5.41, 5.74) is 0. The molecule has 1 unspecified atom stereocenters. The van der Waals surface area contributed by atoms with Crippen LogP contribution in [0.25, 0.3) is 0 Å². The fourth-order valence-corrected chi connectivity index (χ4v) is 2.85. The second-order valence-electron chi connectivity index (χ2n) is 5.20. The lowest BCUT2D eigenvalue weighted by atomic mass is 10.1. The van der Waals surface area contributed by atoms with Crippen molar-refractivity contribution >= 4 is 11.8 Å². The Hall–Kier alpha value is -0.590. The van der Waals surface area contributed by atoms with Crippen molar-refractivity contribution in [2.45, 2.75) is 56.6 Å². The minimum Gasteiger partial charge on any atom is -0.378 e. The maximum Gasteiger partial charge on any atom is 0.228 e. The molecule has 1 aromatic heterocycles. The summed E-state index contributed by atoms with van der Waals surface area (Å²) in [5.74, 6) is 2.32. The molecule has 0 saturated carbocycles. The molecule has 1 aromatic rings. The molecule has 0 aromatic carbocycles. The molecule has 5 nitrogen and oxygen atoms in total. The van der Waals surface area contributed by atoms with E-state index in [2.05, 4.69) is 29.3 Å². The molecule has 1 aliphatic rings. The summed E-state index contributed by atoms with van der Waals surface area (Å²) < 4.78 is 11.1. The van der Waals surface area contributed by atoms with Crippen LogP contribution < -0.4 is 5.32 Å². The van der Waals surface area contributed by atoms with Gasteiger partial charge >= 0.3 is 0 Å². The Labute approximate surface area is 125 Å². The summed E-state index contributed by atoms with van der Waals surface area (Å²) in [6.45, 7) is 7.20. The third-order valence-corrected chi connectivity index (χ3v) is 4.86. The van der Waals surface area contributed by atoms with E-state index in [9.17, 15) is 0 Å². The molecule has 114 valence electrons. The van der Waals surface area contributed by atoms with Crippen LogP contribution in [0.2, 0.25) is 0 Å². The average Bonchev–Trinajstić information content (AvgIpc) is 2.94. The Bertz CT molecular complexity index is 380. The van der Waals surface area contributed by atoms with E-state index in [-0.39, 0.29) is 0 Å². The van der Waals surface area contributed by atoms with Crippen molar-refractivity contribution < 1.29 is 9.26 Å². The van der Waals surface area contributed by atoms with Gasteiger partial charge in [-0.1, -0.05) is 19.0 Å². The highest BCUT2D eigenvalue weighted by atomic mass is 32.2. The van der Waals surface area contributed by atoms with Crippen molar-refractivity contribution in [1.29, 1.82) is 0 Å². The first kappa shape index (κ1) is 15.8. The lowest BCUT2D eigenvalue weighted by molar-refractivity contribution is 0.0322. The van der Waals surface area contributed by atoms with Crippen molar-refractivity contribution in [3.05, 3.63) is 11.7 Å². The number of hydrogen-bond acceptors (Lipinski definition) is 6. The van der Waals surface area contributed by atoms with E-state index in [1.54, 1.807) is 0 Å². The lowest BCUT2D eigenvalue weighted by Crippen LogP contribution is -2.32. The number of thioether (sulfide) groups is 1. The summed E-state index contributed by atoms with van der Waals surface area (Å²) >= 11 is 1.87. The van der Waals surface area contributed by atoms with Crippen LogP contribution >= 0.6 is 11.8 Å². The van der Waals surface area contributed by atoms with Gasteiger partial charge in [0.25, 0.3) is 0 Å². The number of hydrogen-bond donors (Lipinski definition) is 1. The monoisotopic (exact) mass is 299 g/mol. The summed E-state index contributed by atoms with van der Waals surface area (Å²) in [5, 5.41) is 7.99. The lowest BCUT2D eigenvalue weighted by Gasteiger charge is -2.22. The van der Waals surface area contributed by atoms with Gasteiger partial charge in [0.15, 0.2) is 5.82 Å². The molecule has 1 fully saturated rings. The first-order valence-corrected chi connectivity index (χ1v) is 8.58. The van der Waals surface area contributed by atoms with Gasteiger partial charge in [-0.2, -0.15) is 16.7 Å². The van der Waals surface area contributed by atoms with Crippen LogP contribution in [0.4, 0.5) is 0 Å². The van der Waals surface area contributed by atoms with Crippen LogP contribution in [0.3, 0.4) is 0 Å². The largest absolute Gasteiger partial charge is 0.378 e. The zero-order valence-corrected chi connectivity index (χ0v) is 13.2. The minimum atomic E-state index is 0.389. The maximum atomic E-state index is 5.84. The van der Waals surface area contributed by atoms with Crippen molar-refractivity contribution in [3.63, 3.8) is 0 Å². The van der Waals surface area contributed by atoms with Gasteiger partial charge in [0.05, 0.1) is 24.9 Å². The highest BCUT2D eigenvalue weighted by Crippen LogP contribution is 2.18. The number of rotatable bonds is 8. The van der Waals surface area contributed by atoms with E-state index in [1.165, 1.54) is 6.42 Å². The van der Waals surface area contributed by atoms with E-state index in [0.29, 0.717) is 30.3 Å². The Morgan fingerprint density at radius 3 is 3.00 bits per heavy atom. The van der Waals surface area contributed by atoms with Crippen LogP contribution in [0.5, 0.6) is 0 Å². The molecule has 0 radical (unpaired) electrons. The number of nitrogens with one attached hydrogen (secondary N) is 1. The molecule has 2 rings (SSSR count). The van der Waals surface area contributed by atoms with Gasteiger partial charge in [-0.05, 0) is 32.4 Å². The summed E-state index contributed by atoms with van der Waals surface area (Å²) in [6, 6.07) is 0.